The maximum Gasteiger partial charge on any atom is 0.363 e. The van der Waals surface area contributed by atoms with Gasteiger partial charge in [0.1, 0.15) is 5.01 Å². The van der Waals surface area contributed by atoms with E-state index in [1.54, 1.807) is 12.3 Å². The summed E-state index contributed by atoms with van der Waals surface area (Å²) in [5.41, 5.74) is 3.52. The maximum absolute atomic E-state index is 12.1. The first-order valence-corrected chi connectivity index (χ1v) is 8.54. The largest absolute Gasteiger partial charge is 0.402 e. The molecule has 0 atom stereocenters. The molecular formula is C19H13N3O2S. The Hall–Kier alpha value is -3.12. The standard InChI is InChI=1S/C19H13N3O2S/c1-12-6-2-3-7-14(12)17-22-16(19(23)24-17)10-13-11-25-18(21-13)15-8-4-5-9-20-15/h2-11H,1H3. The van der Waals surface area contributed by atoms with Gasteiger partial charge in [0.25, 0.3) is 0 Å². The summed E-state index contributed by atoms with van der Waals surface area (Å²) < 4.78 is 5.31. The van der Waals surface area contributed by atoms with Gasteiger partial charge in [0.2, 0.25) is 5.90 Å². The molecule has 5 nitrogen and oxygen atoms in total. The molecule has 0 fully saturated rings. The van der Waals surface area contributed by atoms with Crippen LogP contribution in [0.3, 0.4) is 0 Å². The Bertz CT molecular complexity index is 1010. The molecule has 6 heteroatoms. The van der Waals surface area contributed by atoms with E-state index in [1.807, 2.05) is 54.8 Å². The van der Waals surface area contributed by atoms with E-state index in [0.29, 0.717) is 11.6 Å². The molecular weight excluding hydrogens is 334 g/mol. The van der Waals surface area contributed by atoms with Gasteiger partial charge in [-0.1, -0.05) is 24.3 Å². The monoisotopic (exact) mass is 347 g/mol. The highest BCUT2D eigenvalue weighted by atomic mass is 32.1. The van der Waals surface area contributed by atoms with E-state index in [0.717, 1.165) is 21.8 Å². The first-order chi connectivity index (χ1) is 12.2. The Kier molecular flexibility index (Phi) is 3.95. The van der Waals surface area contributed by atoms with Crippen LogP contribution in [-0.2, 0) is 9.53 Å². The lowest BCUT2D eigenvalue weighted by molar-refractivity contribution is -0.129. The third kappa shape index (κ3) is 3.12. The minimum atomic E-state index is -0.467. The zero-order valence-electron chi connectivity index (χ0n) is 13.3. The summed E-state index contributed by atoms with van der Waals surface area (Å²) in [5, 5.41) is 2.66. The summed E-state index contributed by atoms with van der Waals surface area (Å²) >= 11 is 1.47. The van der Waals surface area contributed by atoms with Crippen LogP contribution < -0.4 is 0 Å². The van der Waals surface area contributed by atoms with Crippen LogP contribution in [0.2, 0.25) is 0 Å². The molecule has 122 valence electrons. The smallest absolute Gasteiger partial charge is 0.363 e. The van der Waals surface area contributed by atoms with Crippen molar-refractivity contribution in [3.05, 3.63) is 76.6 Å². The molecule has 3 aromatic rings. The van der Waals surface area contributed by atoms with Gasteiger partial charge in [-0.3, -0.25) is 4.98 Å². The zero-order valence-corrected chi connectivity index (χ0v) is 14.2. The van der Waals surface area contributed by atoms with Crippen molar-refractivity contribution in [2.75, 3.05) is 0 Å². The number of cyclic esters (lactones) is 1. The van der Waals surface area contributed by atoms with Crippen molar-refractivity contribution in [3.63, 3.8) is 0 Å². The van der Waals surface area contributed by atoms with E-state index in [9.17, 15) is 4.79 Å². The van der Waals surface area contributed by atoms with Gasteiger partial charge in [-0.15, -0.1) is 11.3 Å². The molecule has 0 radical (unpaired) electrons. The van der Waals surface area contributed by atoms with Gasteiger partial charge in [0.15, 0.2) is 5.70 Å². The molecule has 1 aromatic carbocycles. The number of aryl methyl sites for hydroxylation is 1. The Balaban J connectivity index is 1.65. The van der Waals surface area contributed by atoms with Crippen molar-refractivity contribution in [1.82, 2.24) is 9.97 Å². The summed E-state index contributed by atoms with van der Waals surface area (Å²) in [6.45, 7) is 1.95. The number of ether oxygens (including phenoxy) is 1. The third-order valence-electron chi connectivity index (χ3n) is 3.69. The molecule has 0 spiro atoms. The number of thiazole rings is 1. The van der Waals surface area contributed by atoms with Crippen molar-refractivity contribution in [3.8, 4) is 10.7 Å². The summed E-state index contributed by atoms with van der Waals surface area (Å²) in [4.78, 5) is 25.2. The molecule has 25 heavy (non-hydrogen) atoms. The fourth-order valence-corrected chi connectivity index (χ4v) is 3.19. The first-order valence-electron chi connectivity index (χ1n) is 7.66. The number of carbonyl (C=O) groups is 1. The van der Waals surface area contributed by atoms with Crippen LogP contribution in [0.15, 0.2) is 64.7 Å². The lowest BCUT2D eigenvalue weighted by Crippen LogP contribution is -2.06. The van der Waals surface area contributed by atoms with Gasteiger partial charge in [-0.2, -0.15) is 0 Å². The predicted octanol–water partition coefficient (Wildman–Crippen LogP) is 3.86. The molecule has 3 heterocycles. The highest BCUT2D eigenvalue weighted by Gasteiger charge is 2.25. The van der Waals surface area contributed by atoms with Gasteiger partial charge in [-0.25, -0.2) is 14.8 Å². The summed E-state index contributed by atoms with van der Waals surface area (Å²) in [6, 6.07) is 13.3. The van der Waals surface area contributed by atoms with Crippen molar-refractivity contribution in [1.29, 1.82) is 0 Å². The zero-order chi connectivity index (χ0) is 17.2. The summed E-state index contributed by atoms with van der Waals surface area (Å²) in [7, 11) is 0. The van der Waals surface area contributed by atoms with Gasteiger partial charge < -0.3 is 4.74 Å². The Labute approximate surface area is 148 Å². The Morgan fingerprint density at radius 2 is 1.96 bits per heavy atom. The summed E-state index contributed by atoms with van der Waals surface area (Å²) in [5.74, 6) is -0.139. The Morgan fingerprint density at radius 1 is 1.12 bits per heavy atom. The van der Waals surface area contributed by atoms with Crippen LogP contribution in [0.25, 0.3) is 16.8 Å². The number of hydrogen-bond acceptors (Lipinski definition) is 6. The van der Waals surface area contributed by atoms with E-state index in [2.05, 4.69) is 15.0 Å². The number of hydrogen-bond donors (Lipinski definition) is 0. The van der Waals surface area contributed by atoms with Crippen molar-refractivity contribution in [2.45, 2.75) is 6.92 Å². The number of esters is 1. The van der Waals surface area contributed by atoms with E-state index >= 15 is 0 Å². The average Bonchev–Trinajstić information content (AvgIpc) is 3.24. The molecule has 0 bridgehead atoms. The minimum Gasteiger partial charge on any atom is -0.402 e. The van der Waals surface area contributed by atoms with Gasteiger partial charge in [0, 0.05) is 17.1 Å². The van der Waals surface area contributed by atoms with E-state index in [4.69, 9.17) is 4.74 Å². The molecule has 1 aliphatic heterocycles. The SMILES string of the molecule is Cc1ccccc1C1=NC(=Cc2csc(-c3ccccn3)n2)C(=O)O1. The molecule has 0 saturated carbocycles. The second-order valence-corrected chi connectivity index (χ2v) is 6.30. The second kappa shape index (κ2) is 6.41. The predicted molar refractivity (Wildman–Crippen MR) is 97.1 cm³/mol. The molecule has 0 amide bonds. The van der Waals surface area contributed by atoms with Crippen LogP contribution >= 0.6 is 11.3 Å². The molecule has 0 unspecified atom stereocenters. The molecule has 0 N–H and O–H groups in total. The fourth-order valence-electron chi connectivity index (χ4n) is 2.44. The van der Waals surface area contributed by atoms with Gasteiger partial charge >= 0.3 is 5.97 Å². The molecule has 2 aromatic heterocycles. The average molecular weight is 347 g/mol. The summed E-state index contributed by atoms with van der Waals surface area (Å²) in [6.07, 6.45) is 3.36. The number of pyridine rings is 1. The normalized spacial score (nSPS) is 15.3. The maximum atomic E-state index is 12.1. The van der Waals surface area contributed by atoms with Crippen LogP contribution in [-0.4, -0.2) is 21.8 Å². The number of aromatic nitrogens is 2. The van der Waals surface area contributed by atoms with E-state index in [-0.39, 0.29) is 5.70 Å². The van der Waals surface area contributed by atoms with Crippen LogP contribution in [0.4, 0.5) is 0 Å². The van der Waals surface area contributed by atoms with Gasteiger partial charge in [0.05, 0.1) is 11.4 Å². The lowest BCUT2D eigenvalue weighted by atomic mass is 10.1. The van der Waals surface area contributed by atoms with Crippen molar-refractivity contribution >= 4 is 29.3 Å². The Morgan fingerprint density at radius 3 is 2.76 bits per heavy atom. The van der Waals surface area contributed by atoms with E-state index in [1.165, 1.54) is 11.3 Å². The number of benzene rings is 1. The number of rotatable bonds is 3. The fraction of sp³-hybridized carbons (Fsp3) is 0.0526. The highest BCUT2D eigenvalue weighted by Crippen LogP contribution is 2.25. The quantitative estimate of drug-likeness (QED) is 0.533. The molecule has 4 rings (SSSR count). The molecule has 1 aliphatic rings. The third-order valence-corrected chi connectivity index (χ3v) is 4.57. The van der Waals surface area contributed by atoms with E-state index < -0.39 is 5.97 Å². The molecule has 0 aliphatic carbocycles. The minimum absolute atomic E-state index is 0.246. The number of carbonyl (C=O) groups excluding carboxylic acids is 1. The van der Waals surface area contributed by atoms with Crippen molar-refractivity contribution < 1.29 is 9.53 Å². The number of aliphatic imine (C=N–C) groups is 1. The highest BCUT2D eigenvalue weighted by molar-refractivity contribution is 7.13. The topological polar surface area (TPSA) is 64.4 Å². The molecule has 0 saturated heterocycles. The van der Waals surface area contributed by atoms with Gasteiger partial charge in [-0.05, 0) is 36.8 Å². The van der Waals surface area contributed by atoms with Crippen LogP contribution in [0.5, 0.6) is 0 Å². The van der Waals surface area contributed by atoms with Crippen LogP contribution in [0.1, 0.15) is 16.8 Å². The lowest BCUT2D eigenvalue weighted by Gasteiger charge is -2.02. The van der Waals surface area contributed by atoms with Crippen LogP contribution in [0, 0.1) is 6.92 Å². The van der Waals surface area contributed by atoms with Crippen molar-refractivity contribution in [2.24, 2.45) is 4.99 Å². The number of nitrogens with zero attached hydrogens (tertiary/aromatic N) is 3. The second-order valence-electron chi connectivity index (χ2n) is 5.44. The first kappa shape index (κ1) is 15.4.